The average Bonchev–Trinajstić information content (AvgIpc) is 2.22. The lowest BCUT2D eigenvalue weighted by Crippen LogP contribution is -1.76. The predicted octanol–water partition coefficient (Wildman–Crippen LogP) is 4.80. The largest absolute Gasteiger partial charge is 0.0885 e. The van der Waals surface area contributed by atoms with Crippen LogP contribution in [0.3, 0.4) is 0 Å². The zero-order valence-corrected chi connectivity index (χ0v) is 9.98. The Kier molecular flexibility index (Phi) is 3.34. The van der Waals surface area contributed by atoms with Gasteiger partial charge in [-0.25, -0.2) is 0 Å². The summed E-state index contributed by atoms with van der Waals surface area (Å²) in [6, 6.07) is 16.3. The molecule has 0 nitrogen and oxygen atoms in total. The van der Waals surface area contributed by atoms with E-state index in [2.05, 4.69) is 31.2 Å². The molecular formula is C13H11ClS. The summed E-state index contributed by atoms with van der Waals surface area (Å²) in [5, 5.41) is 0.809. The van der Waals surface area contributed by atoms with E-state index in [0.717, 1.165) is 9.92 Å². The first kappa shape index (κ1) is 10.6. The van der Waals surface area contributed by atoms with E-state index in [-0.39, 0.29) is 0 Å². The van der Waals surface area contributed by atoms with Gasteiger partial charge in [0.15, 0.2) is 0 Å². The first-order chi connectivity index (χ1) is 7.25. The smallest absolute Gasteiger partial charge is 0.0545 e. The lowest BCUT2D eigenvalue weighted by Gasteiger charge is -2.04. The second kappa shape index (κ2) is 4.73. The van der Waals surface area contributed by atoms with Crippen LogP contribution in [0.5, 0.6) is 0 Å². The molecule has 0 aliphatic rings. The quantitative estimate of drug-likeness (QED) is 0.719. The highest BCUT2D eigenvalue weighted by atomic mass is 35.5. The van der Waals surface area contributed by atoms with Crippen molar-refractivity contribution in [3.05, 3.63) is 59.1 Å². The van der Waals surface area contributed by atoms with Crippen molar-refractivity contribution in [2.45, 2.75) is 16.7 Å². The SMILES string of the molecule is Cc1cccc(Sc2ccccc2Cl)c1. The van der Waals surface area contributed by atoms with E-state index in [4.69, 9.17) is 11.6 Å². The Morgan fingerprint density at radius 2 is 1.80 bits per heavy atom. The molecule has 0 saturated carbocycles. The molecule has 0 fully saturated rings. The molecule has 0 radical (unpaired) electrons. The third kappa shape index (κ3) is 2.77. The minimum absolute atomic E-state index is 0.809. The summed E-state index contributed by atoms with van der Waals surface area (Å²) >= 11 is 7.79. The van der Waals surface area contributed by atoms with E-state index < -0.39 is 0 Å². The lowest BCUT2D eigenvalue weighted by atomic mass is 10.2. The molecule has 0 atom stereocenters. The van der Waals surface area contributed by atoms with Gasteiger partial charge in [0.1, 0.15) is 0 Å². The van der Waals surface area contributed by atoms with Crippen molar-refractivity contribution < 1.29 is 0 Å². The summed E-state index contributed by atoms with van der Waals surface area (Å²) in [6.45, 7) is 2.09. The Labute approximate surface area is 99.3 Å². The van der Waals surface area contributed by atoms with Gasteiger partial charge in [-0.2, -0.15) is 0 Å². The summed E-state index contributed by atoms with van der Waals surface area (Å²) in [6.07, 6.45) is 0. The molecule has 2 aromatic rings. The van der Waals surface area contributed by atoms with Gasteiger partial charge in [-0.1, -0.05) is 53.2 Å². The Morgan fingerprint density at radius 1 is 1.00 bits per heavy atom. The standard InChI is InChI=1S/C13H11ClS/c1-10-5-4-6-11(9-10)15-13-8-3-2-7-12(13)14/h2-9H,1H3. The zero-order valence-electron chi connectivity index (χ0n) is 8.41. The molecule has 0 N–H and O–H groups in total. The number of aryl methyl sites for hydroxylation is 1. The number of rotatable bonds is 2. The molecule has 0 aliphatic heterocycles. The fourth-order valence-electron chi connectivity index (χ4n) is 1.33. The summed E-state index contributed by atoms with van der Waals surface area (Å²) < 4.78 is 0. The van der Waals surface area contributed by atoms with Crippen LogP contribution >= 0.6 is 23.4 Å². The second-order valence-electron chi connectivity index (χ2n) is 3.35. The maximum absolute atomic E-state index is 6.09. The predicted molar refractivity (Wildman–Crippen MR) is 66.8 cm³/mol. The van der Waals surface area contributed by atoms with Gasteiger partial charge in [-0.15, -0.1) is 0 Å². The molecule has 2 heteroatoms. The number of hydrogen-bond donors (Lipinski definition) is 0. The van der Waals surface area contributed by atoms with Gasteiger partial charge in [0.05, 0.1) is 5.02 Å². The minimum Gasteiger partial charge on any atom is -0.0885 e. The molecule has 0 unspecified atom stereocenters. The molecule has 15 heavy (non-hydrogen) atoms. The number of benzene rings is 2. The molecule has 0 spiro atoms. The Hall–Kier alpha value is -0.920. The van der Waals surface area contributed by atoms with Crippen LogP contribution in [0.25, 0.3) is 0 Å². The summed E-state index contributed by atoms with van der Waals surface area (Å²) in [5.74, 6) is 0. The summed E-state index contributed by atoms with van der Waals surface area (Å²) in [5.41, 5.74) is 1.27. The monoisotopic (exact) mass is 234 g/mol. The maximum atomic E-state index is 6.09. The van der Waals surface area contributed by atoms with Gasteiger partial charge in [0.2, 0.25) is 0 Å². The number of hydrogen-bond acceptors (Lipinski definition) is 1. The van der Waals surface area contributed by atoms with Crippen molar-refractivity contribution >= 4 is 23.4 Å². The lowest BCUT2D eigenvalue weighted by molar-refractivity contribution is 1.35. The van der Waals surface area contributed by atoms with Crippen LogP contribution in [-0.2, 0) is 0 Å². The van der Waals surface area contributed by atoms with Crippen LogP contribution in [0, 0.1) is 6.92 Å². The van der Waals surface area contributed by atoms with E-state index in [1.165, 1.54) is 10.5 Å². The molecule has 0 aromatic heterocycles. The summed E-state index contributed by atoms with van der Waals surface area (Å²) in [4.78, 5) is 2.33. The van der Waals surface area contributed by atoms with Crippen LogP contribution in [0.2, 0.25) is 5.02 Å². The van der Waals surface area contributed by atoms with Crippen molar-refractivity contribution in [1.82, 2.24) is 0 Å². The van der Waals surface area contributed by atoms with Crippen molar-refractivity contribution in [2.24, 2.45) is 0 Å². The first-order valence-corrected chi connectivity index (χ1v) is 5.94. The van der Waals surface area contributed by atoms with Gasteiger partial charge < -0.3 is 0 Å². The highest BCUT2D eigenvalue weighted by Crippen LogP contribution is 2.33. The first-order valence-electron chi connectivity index (χ1n) is 4.75. The Bertz CT molecular complexity index is 466. The molecule has 2 rings (SSSR count). The molecule has 76 valence electrons. The van der Waals surface area contributed by atoms with Crippen LogP contribution in [-0.4, -0.2) is 0 Å². The zero-order chi connectivity index (χ0) is 10.7. The third-order valence-corrected chi connectivity index (χ3v) is 3.56. The molecule has 0 saturated heterocycles. The molecule has 2 aromatic carbocycles. The maximum Gasteiger partial charge on any atom is 0.0545 e. The molecule has 0 aliphatic carbocycles. The molecule has 0 heterocycles. The Morgan fingerprint density at radius 3 is 2.53 bits per heavy atom. The molecular weight excluding hydrogens is 224 g/mol. The van der Waals surface area contributed by atoms with Crippen molar-refractivity contribution in [3.8, 4) is 0 Å². The Balaban J connectivity index is 2.26. The van der Waals surface area contributed by atoms with Crippen molar-refractivity contribution in [3.63, 3.8) is 0 Å². The van der Waals surface area contributed by atoms with Crippen LogP contribution in [0.4, 0.5) is 0 Å². The van der Waals surface area contributed by atoms with Gasteiger partial charge in [-0.05, 0) is 31.2 Å². The van der Waals surface area contributed by atoms with Gasteiger partial charge in [0.25, 0.3) is 0 Å². The van der Waals surface area contributed by atoms with Crippen LogP contribution in [0.15, 0.2) is 58.3 Å². The van der Waals surface area contributed by atoms with Crippen LogP contribution in [0.1, 0.15) is 5.56 Å². The van der Waals surface area contributed by atoms with E-state index in [9.17, 15) is 0 Å². The highest BCUT2D eigenvalue weighted by Gasteiger charge is 2.01. The van der Waals surface area contributed by atoms with Gasteiger partial charge >= 0.3 is 0 Å². The fraction of sp³-hybridized carbons (Fsp3) is 0.0769. The van der Waals surface area contributed by atoms with Gasteiger partial charge in [0, 0.05) is 9.79 Å². The van der Waals surface area contributed by atoms with E-state index in [0.29, 0.717) is 0 Å². The van der Waals surface area contributed by atoms with Gasteiger partial charge in [-0.3, -0.25) is 0 Å². The van der Waals surface area contributed by atoms with Crippen molar-refractivity contribution in [1.29, 1.82) is 0 Å². The highest BCUT2D eigenvalue weighted by molar-refractivity contribution is 7.99. The normalized spacial score (nSPS) is 10.3. The summed E-state index contributed by atoms with van der Waals surface area (Å²) in [7, 11) is 0. The van der Waals surface area contributed by atoms with E-state index in [1.807, 2.05) is 24.3 Å². The van der Waals surface area contributed by atoms with Crippen LogP contribution < -0.4 is 0 Å². The number of halogens is 1. The minimum atomic E-state index is 0.809. The second-order valence-corrected chi connectivity index (χ2v) is 4.87. The van der Waals surface area contributed by atoms with E-state index in [1.54, 1.807) is 11.8 Å². The topological polar surface area (TPSA) is 0 Å². The fourth-order valence-corrected chi connectivity index (χ4v) is 2.54. The van der Waals surface area contributed by atoms with Crippen molar-refractivity contribution in [2.75, 3.05) is 0 Å². The third-order valence-electron chi connectivity index (χ3n) is 2.05. The average molecular weight is 235 g/mol. The van der Waals surface area contributed by atoms with E-state index >= 15 is 0 Å². The molecule has 0 bridgehead atoms. The molecule has 0 amide bonds.